The van der Waals surface area contributed by atoms with Gasteiger partial charge in [-0.05, 0) is 39.3 Å². The van der Waals surface area contributed by atoms with Gasteiger partial charge in [-0.2, -0.15) is 0 Å². The first kappa shape index (κ1) is 11.7. The van der Waals surface area contributed by atoms with Gasteiger partial charge >= 0.3 is 0 Å². The van der Waals surface area contributed by atoms with Gasteiger partial charge in [-0.3, -0.25) is 4.90 Å². The molecule has 2 nitrogen and oxygen atoms in total. The maximum absolute atomic E-state index is 3.48. The summed E-state index contributed by atoms with van der Waals surface area (Å²) in [4.78, 5) is 2.60. The number of nitrogens with zero attached hydrogens (tertiary/aromatic N) is 1. The van der Waals surface area contributed by atoms with E-state index in [1.54, 1.807) is 0 Å². The molecule has 1 fully saturated rings. The van der Waals surface area contributed by atoms with Crippen molar-refractivity contribution in [1.82, 2.24) is 10.2 Å². The third kappa shape index (κ3) is 3.81. The summed E-state index contributed by atoms with van der Waals surface area (Å²) in [5.74, 6) is 0. The van der Waals surface area contributed by atoms with Crippen LogP contribution in [0.1, 0.15) is 33.1 Å². The van der Waals surface area contributed by atoms with E-state index >= 15 is 0 Å². The molecule has 0 aromatic rings. The Labute approximate surface area is 88.4 Å². The van der Waals surface area contributed by atoms with Crippen LogP contribution in [0.2, 0.25) is 0 Å². The Bertz CT molecular complexity index is 160. The normalized spacial score (nSPS) is 23.5. The molecule has 0 radical (unpaired) electrons. The van der Waals surface area contributed by atoms with Crippen molar-refractivity contribution in [2.24, 2.45) is 0 Å². The molecule has 0 saturated carbocycles. The Balaban J connectivity index is 2.38. The van der Waals surface area contributed by atoms with Crippen LogP contribution in [0.15, 0.2) is 12.2 Å². The van der Waals surface area contributed by atoms with E-state index in [0.29, 0.717) is 0 Å². The molecule has 1 rings (SSSR count). The van der Waals surface area contributed by atoms with Crippen LogP contribution in [0.5, 0.6) is 0 Å². The highest BCUT2D eigenvalue weighted by atomic mass is 15.2. The average molecular weight is 196 g/mol. The van der Waals surface area contributed by atoms with Gasteiger partial charge in [0.1, 0.15) is 0 Å². The first-order valence-corrected chi connectivity index (χ1v) is 5.94. The highest BCUT2D eigenvalue weighted by molar-refractivity contribution is 4.86. The van der Waals surface area contributed by atoms with Crippen LogP contribution in [0.25, 0.3) is 0 Å². The third-order valence-corrected chi connectivity index (χ3v) is 2.87. The minimum absolute atomic E-state index is 0.764. The molecule has 0 aromatic carbocycles. The molecule has 2 heteroatoms. The molecule has 1 N–H and O–H groups in total. The van der Waals surface area contributed by atoms with Gasteiger partial charge in [0, 0.05) is 19.1 Å². The van der Waals surface area contributed by atoms with Crippen LogP contribution in [-0.2, 0) is 0 Å². The molecule has 0 bridgehead atoms. The molecule has 1 aliphatic rings. The molecule has 82 valence electrons. The van der Waals surface area contributed by atoms with Gasteiger partial charge in [-0.25, -0.2) is 0 Å². The minimum atomic E-state index is 0.764. The summed E-state index contributed by atoms with van der Waals surface area (Å²) in [6.07, 6.45) is 8.38. The second kappa shape index (κ2) is 7.02. The van der Waals surface area contributed by atoms with Crippen molar-refractivity contribution < 1.29 is 0 Å². The van der Waals surface area contributed by atoms with Gasteiger partial charge in [-0.1, -0.05) is 19.1 Å². The van der Waals surface area contributed by atoms with Crippen molar-refractivity contribution in [2.45, 2.75) is 39.2 Å². The van der Waals surface area contributed by atoms with Crippen LogP contribution >= 0.6 is 0 Å². The number of hydrogen-bond acceptors (Lipinski definition) is 2. The molecule has 0 spiro atoms. The second-order valence-corrected chi connectivity index (χ2v) is 4.06. The van der Waals surface area contributed by atoms with E-state index in [-0.39, 0.29) is 0 Å². The van der Waals surface area contributed by atoms with Crippen LogP contribution in [-0.4, -0.2) is 37.1 Å². The molecule has 0 amide bonds. The van der Waals surface area contributed by atoms with Crippen LogP contribution in [0.4, 0.5) is 0 Å². The Morgan fingerprint density at radius 3 is 2.93 bits per heavy atom. The van der Waals surface area contributed by atoms with Crippen molar-refractivity contribution in [3.63, 3.8) is 0 Å². The monoisotopic (exact) mass is 196 g/mol. The lowest BCUT2D eigenvalue weighted by Crippen LogP contribution is -2.46. The fraction of sp³-hybridized carbons (Fsp3) is 0.833. The maximum atomic E-state index is 3.48. The maximum Gasteiger partial charge on any atom is 0.0224 e. The lowest BCUT2D eigenvalue weighted by Gasteiger charge is -2.33. The van der Waals surface area contributed by atoms with Gasteiger partial charge in [0.05, 0.1) is 0 Å². The first-order chi connectivity index (χ1) is 6.88. The van der Waals surface area contributed by atoms with Crippen LogP contribution in [0, 0.1) is 0 Å². The van der Waals surface area contributed by atoms with E-state index in [1.165, 1.54) is 38.9 Å². The summed E-state index contributed by atoms with van der Waals surface area (Å²) < 4.78 is 0. The zero-order valence-electron chi connectivity index (χ0n) is 9.63. The van der Waals surface area contributed by atoms with Gasteiger partial charge in [0.25, 0.3) is 0 Å². The van der Waals surface area contributed by atoms with E-state index in [0.717, 1.165) is 12.6 Å². The van der Waals surface area contributed by atoms with E-state index in [1.807, 2.05) is 0 Å². The zero-order valence-corrected chi connectivity index (χ0v) is 9.63. The zero-order chi connectivity index (χ0) is 10.2. The molecule has 1 unspecified atom stereocenters. The number of rotatable bonds is 5. The Kier molecular flexibility index (Phi) is 5.88. The van der Waals surface area contributed by atoms with Crippen molar-refractivity contribution in [2.75, 3.05) is 26.2 Å². The van der Waals surface area contributed by atoms with E-state index in [4.69, 9.17) is 0 Å². The molecule has 0 aromatic heterocycles. The number of nitrogens with one attached hydrogen (secondary N) is 1. The first-order valence-electron chi connectivity index (χ1n) is 5.94. The van der Waals surface area contributed by atoms with E-state index in [2.05, 4.69) is 36.2 Å². The minimum Gasteiger partial charge on any atom is -0.315 e. The Hall–Kier alpha value is -0.340. The summed E-state index contributed by atoms with van der Waals surface area (Å²) in [5, 5.41) is 3.48. The summed E-state index contributed by atoms with van der Waals surface area (Å²) in [5.41, 5.74) is 0. The van der Waals surface area contributed by atoms with Gasteiger partial charge in [0.2, 0.25) is 0 Å². The van der Waals surface area contributed by atoms with Crippen molar-refractivity contribution in [1.29, 1.82) is 0 Å². The number of allylic oxidation sites excluding steroid dienone is 1. The quantitative estimate of drug-likeness (QED) is 0.677. The predicted octanol–water partition coefficient (Wildman–Crippen LogP) is 2.03. The smallest absolute Gasteiger partial charge is 0.0224 e. The molecular formula is C12H24N2. The fourth-order valence-corrected chi connectivity index (χ4v) is 2.10. The Morgan fingerprint density at radius 1 is 1.50 bits per heavy atom. The number of hydrogen-bond donors (Lipinski definition) is 1. The highest BCUT2D eigenvalue weighted by Crippen LogP contribution is 2.10. The van der Waals surface area contributed by atoms with Gasteiger partial charge in [-0.15, -0.1) is 0 Å². The molecule has 1 saturated heterocycles. The predicted molar refractivity (Wildman–Crippen MR) is 62.6 cm³/mol. The van der Waals surface area contributed by atoms with Crippen molar-refractivity contribution in [3.05, 3.63) is 12.2 Å². The second-order valence-electron chi connectivity index (χ2n) is 4.06. The fourth-order valence-electron chi connectivity index (χ4n) is 2.10. The molecule has 1 atom stereocenters. The third-order valence-electron chi connectivity index (χ3n) is 2.87. The standard InChI is InChI=1S/C12H24N2/c1-3-5-10-14(9-4-2)12-7-6-8-13-11-12/h3,5,12-13H,4,6-11H2,1-2H3. The molecule has 14 heavy (non-hydrogen) atoms. The summed E-state index contributed by atoms with van der Waals surface area (Å²) in [7, 11) is 0. The number of piperidine rings is 1. The molecular weight excluding hydrogens is 172 g/mol. The van der Waals surface area contributed by atoms with E-state index < -0.39 is 0 Å². The molecule has 1 heterocycles. The lowest BCUT2D eigenvalue weighted by atomic mass is 10.1. The molecule has 0 aliphatic carbocycles. The molecule has 1 aliphatic heterocycles. The summed E-state index contributed by atoms with van der Waals surface area (Å²) in [6, 6.07) is 0.764. The van der Waals surface area contributed by atoms with Crippen molar-refractivity contribution in [3.8, 4) is 0 Å². The topological polar surface area (TPSA) is 15.3 Å². The van der Waals surface area contributed by atoms with Gasteiger partial charge in [0.15, 0.2) is 0 Å². The largest absolute Gasteiger partial charge is 0.315 e. The SMILES string of the molecule is CC=CCN(CCC)C1CCCNC1. The van der Waals surface area contributed by atoms with Crippen LogP contribution < -0.4 is 5.32 Å². The van der Waals surface area contributed by atoms with Crippen molar-refractivity contribution >= 4 is 0 Å². The van der Waals surface area contributed by atoms with Gasteiger partial charge < -0.3 is 5.32 Å². The highest BCUT2D eigenvalue weighted by Gasteiger charge is 2.18. The van der Waals surface area contributed by atoms with Crippen LogP contribution in [0.3, 0.4) is 0 Å². The Morgan fingerprint density at radius 2 is 2.36 bits per heavy atom. The summed E-state index contributed by atoms with van der Waals surface area (Å²) >= 11 is 0. The lowest BCUT2D eigenvalue weighted by molar-refractivity contribution is 0.183. The average Bonchev–Trinajstić information content (AvgIpc) is 2.25. The summed E-state index contributed by atoms with van der Waals surface area (Å²) in [6.45, 7) is 9.10. The van der Waals surface area contributed by atoms with E-state index in [9.17, 15) is 0 Å².